The Morgan fingerprint density at radius 1 is 0.900 bits per heavy atom. The van der Waals surface area contributed by atoms with Crippen LogP contribution in [0.25, 0.3) is 0 Å². The second-order valence-electron chi connectivity index (χ2n) is 0.565. The van der Waals surface area contributed by atoms with E-state index in [9.17, 15) is 0 Å². The summed E-state index contributed by atoms with van der Waals surface area (Å²) in [6.45, 7) is 0. The van der Waals surface area contributed by atoms with Gasteiger partial charge in [-0.2, -0.15) is 0 Å². The molecule has 0 fully saturated rings. The third-order valence-corrected chi connectivity index (χ3v) is 0. The topological polar surface area (TPSA) is 147 Å². The standard InChI is InChI=1S/Ca.2H2O3Si.H2O.2H/c;2*1-4(2)3;;;/h;2*1-2H;1H2;;/q+2;;;;2*-1. The summed E-state index contributed by atoms with van der Waals surface area (Å²) in [5.41, 5.74) is 0. The maximum absolute atomic E-state index is 8.74. The summed E-state index contributed by atoms with van der Waals surface area (Å²) in [6, 6.07) is 0. The first-order chi connectivity index (χ1) is 3.46. The molecule has 0 bridgehead atoms. The monoisotopic (exact) mass is 216 g/mol. The van der Waals surface area contributed by atoms with Gasteiger partial charge in [0.05, 0.1) is 0 Å². The van der Waals surface area contributed by atoms with Crippen molar-refractivity contribution >= 4 is 56.1 Å². The minimum atomic E-state index is -3.13. The molecule has 0 rings (SSSR count). The first kappa shape index (κ1) is 22.4. The van der Waals surface area contributed by atoms with Gasteiger partial charge in [-0.1, -0.05) is 0 Å². The van der Waals surface area contributed by atoms with Crippen LogP contribution in [0.4, 0.5) is 0 Å². The van der Waals surface area contributed by atoms with E-state index in [1.807, 2.05) is 0 Å². The van der Waals surface area contributed by atoms with Gasteiger partial charge >= 0.3 is 56.1 Å². The van der Waals surface area contributed by atoms with E-state index in [4.69, 9.17) is 28.1 Å². The van der Waals surface area contributed by atoms with E-state index in [2.05, 4.69) is 0 Å². The SMILES string of the molecule is O.O=[Si](O)O.O=[Si](O)O.[Ca+2].[H-].[H-]. The third-order valence-electron chi connectivity index (χ3n) is 0. The van der Waals surface area contributed by atoms with Crippen molar-refractivity contribution in [2.45, 2.75) is 0 Å². The van der Waals surface area contributed by atoms with Crippen molar-refractivity contribution in [3.8, 4) is 0 Å². The Bertz CT molecular complexity index is 77.4. The van der Waals surface area contributed by atoms with Crippen LogP contribution >= 0.6 is 0 Å². The molecule has 0 aliphatic carbocycles. The molecule has 0 amide bonds. The van der Waals surface area contributed by atoms with Crippen molar-refractivity contribution < 1.29 is 36.4 Å². The Morgan fingerprint density at radius 3 is 0.900 bits per heavy atom. The Kier molecular flexibility index (Phi) is 36.4. The quantitative estimate of drug-likeness (QED) is 0.302. The van der Waals surface area contributed by atoms with E-state index in [1.54, 1.807) is 0 Å². The van der Waals surface area contributed by atoms with Gasteiger partial charge in [-0.3, -0.25) is 8.92 Å². The Labute approximate surface area is 92.0 Å². The van der Waals surface area contributed by atoms with Gasteiger partial charge in [0.15, 0.2) is 0 Å². The molecule has 0 aromatic rings. The first-order valence-corrected chi connectivity index (χ1v) is 3.91. The predicted molar refractivity (Wildman–Crippen MR) is 33.3 cm³/mol. The van der Waals surface area contributed by atoms with E-state index < -0.39 is 18.3 Å². The van der Waals surface area contributed by atoms with E-state index in [0.29, 0.717) is 0 Å². The first-order valence-electron chi connectivity index (χ1n) is 1.30. The summed E-state index contributed by atoms with van der Waals surface area (Å²) >= 11 is 0. The Balaban J connectivity index is -0.0000000112. The van der Waals surface area contributed by atoms with Crippen molar-refractivity contribution in [3.05, 3.63) is 0 Å². The molecule has 7 nitrogen and oxygen atoms in total. The van der Waals surface area contributed by atoms with Gasteiger partial charge in [-0.15, -0.1) is 0 Å². The summed E-state index contributed by atoms with van der Waals surface area (Å²) in [5.74, 6) is 0. The zero-order valence-corrected chi connectivity index (χ0v) is 9.02. The Hall–Kier alpha value is 0.454. The Morgan fingerprint density at radius 2 is 0.900 bits per heavy atom. The molecular weight excluding hydrogens is 208 g/mol. The summed E-state index contributed by atoms with van der Waals surface area (Å²) in [7, 11) is -6.26. The van der Waals surface area contributed by atoms with Crippen LogP contribution in [0, 0.1) is 0 Å². The minimum absolute atomic E-state index is 0. The summed E-state index contributed by atoms with van der Waals surface area (Å²) in [4.78, 5) is 28.6. The van der Waals surface area contributed by atoms with Crippen LogP contribution in [0.5, 0.6) is 0 Å². The molecule has 60 valence electrons. The third kappa shape index (κ3) is 2280. The maximum atomic E-state index is 8.74. The molecular formula is H8CaO7Si2. The van der Waals surface area contributed by atoms with E-state index in [1.165, 1.54) is 0 Å². The van der Waals surface area contributed by atoms with E-state index in [0.717, 1.165) is 0 Å². The van der Waals surface area contributed by atoms with Crippen molar-refractivity contribution in [1.29, 1.82) is 0 Å². The van der Waals surface area contributed by atoms with Gasteiger partial charge in [0.25, 0.3) is 0 Å². The van der Waals surface area contributed by atoms with Gasteiger partial charge < -0.3 is 27.5 Å². The molecule has 0 saturated heterocycles. The van der Waals surface area contributed by atoms with Crippen molar-refractivity contribution in [2.24, 2.45) is 0 Å². The average molecular weight is 216 g/mol. The molecule has 0 aliphatic heterocycles. The van der Waals surface area contributed by atoms with Gasteiger partial charge in [-0.05, 0) is 0 Å². The fraction of sp³-hybridized carbons (Fsp3) is 0. The summed E-state index contributed by atoms with van der Waals surface area (Å²) in [6.07, 6.45) is 0. The maximum Gasteiger partial charge on any atom is 2.00 e. The second kappa shape index (κ2) is 16.2. The van der Waals surface area contributed by atoms with Crippen LogP contribution in [0.15, 0.2) is 0 Å². The molecule has 0 heterocycles. The zero-order chi connectivity index (χ0) is 7.15. The molecule has 0 spiro atoms. The second-order valence-corrected chi connectivity index (χ2v) is 1.70. The smallest absolute Gasteiger partial charge is 1.00 e. The largest absolute Gasteiger partial charge is 2.00 e. The molecule has 0 unspecified atom stereocenters. The zero-order valence-electron chi connectivity index (χ0n) is 6.81. The van der Waals surface area contributed by atoms with Crippen LogP contribution < -0.4 is 0 Å². The minimum Gasteiger partial charge on any atom is -1.00 e. The number of hydrogen-bond donors (Lipinski definition) is 4. The van der Waals surface area contributed by atoms with Gasteiger partial charge in [0, 0.05) is 0 Å². The fourth-order valence-electron chi connectivity index (χ4n) is 0. The fourth-order valence-corrected chi connectivity index (χ4v) is 0. The van der Waals surface area contributed by atoms with Gasteiger partial charge in [0.2, 0.25) is 0 Å². The summed E-state index contributed by atoms with van der Waals surface area (Å²) in [5, 5.41) is 0. The molecule has 0 radical (unpaired) electrons. The molecule has 0 saturated carbocycles. The normalized spacial score (nSPS) is 4.80. The average Bonchev–Trinajstić information content (AvgIpc) is 1.25. The van der Waals surface area contributed by atoms with E-state index >= 15 is 0 Å². The van der Waals surface area contributed by atoms with Gasteiger partial charge in [0.1, 0.15) is 0 Å². The van der Waals surface area contributed by atoms with Crippen LogP contribution in [0.2, 0.25) is 0 Å². The number of hydrogen-bond acceptors (Lipinski definition) is 2. The summed E-state index contributed by atoms with van der Waals surface area (Å²) < 4.78 is 17.5. The van der Waals surface area contributed by atoms with Crippen molar-refractivity contribution in [1.82, 2.24) is 0 Å². The predicted octanol–water partition coefficient (Wildman–Crippen LogP) is -4.21. The van der Waals surface area contributed by atoms with Gasteiger partial charge in [-0.25, -0.2) is 0 Å². The van der Waals surface area contributed by atoms with Crippen molar-refractivity contribution in [3.63, 3.8) is 0 Å². The molecule has 6 N–H and O–H groups in total. The van der Waals surface area contributed by atoms with Crippen LogP contribution in [-0.4, -0.2) is 80.7 Å². The molecule has 10 heteroatoms. The molecule has 10 heavy (non-hydrogen) atoms. The molecule has 0 aliphatic rings. The van der Waals surface area contributed by atoms with E-state index in [-0.39, 0.29) is 46.1 Å². The van der Waals surface area contributed by atoms with Crippen LogP contribution in [0.1, 0.15) is 2.85 Å². The number of rotatable bonds is 0. The molecule has 0 aromatic carbocycles. The molecule has 0 aromatic heterocycles. The van der Waals surface area contributed by atoms with Crippen LogP contribution in [-0.2, 0) is 8.92 Å². The van der Waals surface area contributed by atoms with Crippen molar-refractivity contribution in [2.75, 3.05) is 0 Å². The molecule has 0 atom stereocenters. The van der Waals surface area contributed by atoms with Crippen LogP contribution in [0.3, 0.4) is 0 Å².